The minimum Gasteiger partial charge on any atom is -0.390 e. The second kappa shape index (κ2) is 8.65. The number of carbonyl (C=O) groups is 1. The van der Waals surface area contributed by atoms with Crippen LogP contribution in [0.15, 0.2) is 66.9 Å². The molecule has 0 saturated heterocycles. The van der Waals surface area contributed by atoms with Crippen LogP contribution in [0.1, 0.15) is 32.1 Å². The molecular weight excluding hydrogens is 350 g/mol. The van der Waals surface area contributed by atoms with Crippen LogP contribution in [0.5, 0.6) is 5.88 Å². The van der Waals surface area contributed by atoms with E-state index in [2.05, 4.69) is 15.3 Å². The Morgan fingerprint density at radius 3 is 2.11 bits per heavy atom. The predicted octanol–water partition coefficient (Wildman–Crippen LogP) is 5.23. The van der Waals surface area contributed by atoms with Gasteiger partial charge in [0.15, 0.2) is 0 Å². The molecule has 28 heavy (non-hydrogen) atoms. The molecule has 1 aliphatic rings. The second-order valence-electron chi connectivity index (χ2n) is 7.01. The van der Waals surface area contributed by atoms with Crippen LogP contribution in [-0.4, -0.2) is 22.1 Å². The van der Waals surface area contributed by atoms with Crippen LogP contribution in [0, 0.1) is 0 Å². The quantitative estimate of drug-likeness (QED) is 0.680. The Kier molecular flexibility index (Phi) is 5.61. The molecule has 1 N–H and O–H groups in total. The Morgan fingerprint density at radius 1 is 0.857 bits per heavy atom. The molecule has 5 heteroatoms. The number of ether oxygens (including phenoxy) is 1. The van der Waals surface area contributed by atoms with E-state index in [1.165, 1.54) is 12.6 Å². The van der Waals surface area contributed by atoms with Gasteiger partial charge in [-0.25, -0.2) is 14.8 Å². The van der Waals surface area contributed by atoms with Gasteiger partial charge in [-0.3, -0.25) is 0 Å². The SMILES string of the molecule is O=C(NC1CCCCC1)Oc1cnc(-c2ccccc2)c(-c2ccccc2)n1. The van der Waals surface area contributed by atoms with E-state index < -0.39 is 6.09 Å². The summed E-state index contributed by atoms with van der Waals surface area (Å²) >= 11 is 0. The monoisotopic (exact) mass is 373 g/mol. The summed E-state index contributed by atoms with van der Waals surface area (Å²) in [5.74, 6) is 0.201. The predicted molar refractivity (Wildman–Crippen MR) is 109 cm³/mol. The number of hydrogen-bond donors (Lipinski definition) is 1. The lowest BCUT2D eigenvalue weighted by atomic mass is 9.96. The van der Waals surface area contributed by atoms with Gasteiger partial charge >= 0.3 is 6.09 Å². The molecule has 0 atom stereocenters. The molecule has 3 aromatic rings. The van der Waals surface area contributed by atoms with Gasteiger partial charge in [0.2, 0.25) is 5.88 Å². The topological polar surface area (TPSA) is 64.1 Å². The molecule has 1 aliphatic carbocycles. The van der Waals surface area contributed by atoms with Crippen molar-refractivity contribution >= 4 is 6.09 Å². The molecular formula is C23H23N3O2. The van der Waals surface area contributed by atoms with Gasteiger partial charge in [-0.15, -0.1) is 0 Å². The van der Waals surface area contributed by atoms with Gasteiger partial charge in [-0.1, -0.05) is 79.9 Å². The molecule has 1 heterocycles. The first-order valence-corrected chi connectivity index (χ1v) is 9.76. The number of hydrogen-bond acceptors (Lipinski definition) is 4. The zero-order valence-electron chi connectivity index (χ0n) is 15.7. The first-order chi connectivity index (χ1) is 13.8. The van der Waals surface area contributed by atoms with Crippen molar-refractivity contribution in [3.63, 3.8) is 0 Å². The van der Waals surface area contributed by atoms with E-state index in [4.69, 9.17) is 4.74 Å². The number of carbonyl (C=O) groups excluding carboxylic acids is 1. The van der Waals surface area contributed by atoms with Crippen molar-refractivity contribution in [2.45, 2.75) is 38.1 Å². The lowest BCUT2D eigenvalue weighted by molar-refractivity contribution is 0.190. The number of aromatic nitrogens is 2. The standard InChI is InChI=1S/C23H23N3O2/c27-23(25-19-14-8-3-9-15-19)28-20-16-24-21(17-10-4-1-5-11-17)22(26-20)18-12-6-2-7-13-18/h1-2,4-7,10-13,16,19H,3,8-9,14-15H2,(H,25,27). The van der Waals surface area contributed by atoms with Gasteiger partial charge in [-0.2, -0.15) is 0 Å². The normalized spacial score (nSPS) is 14.4. The van der Waals surface area contributed by atoms with Crippen molar-refractivity contribution in [3.8, 4) is 28.4 Å². The van der Waals surface area contributed by atoms with Gasteiger partial charge < -0.3 is 10.1 Å². The molecule has 1 saturated carbocycles. The maximum atomic E-state index is 12.3. The number of nitrogens with zero attached hydrogens (tertiary/aromatic N) is 2. The van der Waals surface area contributed by atoms with Crippen LogP contribution in [0.3, 0.4) is 0 Å². The molecule has 0 unspecified atom stereocenters. The number of nitrogens with one attached hydrogen (secondary N) is 1. The molecule has 1 fully saturated rings. The van der Waals surface area contributed by atoms with Crippen molar-refractivity contribution in [3.05, 3.63) is 66.9 Å². The highest BCUT2D eigenvalue weighted by Crippen LogP contribution is 2.30. The summed E-state index contributed by atoms with van der Waals surface area (Å²) in [6.45, 7) is 0. The Hall–Kier alpha value is -3.21. The largest absolute Gasteiger partial charge is 0.414 e. The van der Waals surface area contributed by atoms with E-state index in [0.29, 0.717) is 5.69 Å². The maximum absolute atomic E-state index is 12.3. The van der Waals surface area contributed by atoms with Crippen LogP contribution in [0.25, 0.3) is 22.5 Å². The van der Waals surface area contributed by atoms with Gasteiger partial charge in [0.05, 0.1) is 11.9 Å². The van der Waals surface area contributed by atoms with E-state index in [-0.39, 0.29) is 11.9 Å². The fourth-order valence-corrected chi connectivity index (χ4v) is 3.56. The molecule has 0 aliphatic heterocycles. The molecule has 1 aromatic heterocycles. The Morgan fingerprint density at radius 2 is 1.46 bits per heavy atom. The molecule has 0 spiro atoms. The van der Waals surface area contributed by atoms with Crippen molar-refractivity contribution in [1.29, 1.82) is 0 Å². The van der Waals surface area contributed by atoms with E-state index in [9.17, 15) is 4.79 Å². The minimum absolute atomic E-state index is 0.186. The average molecular weight is 373 g/mol. The third-order valence-corrected chi connectivity index (χ3v) is 4.97. The lowest BCUT2D eigenvalue weighted by Gasteiger charge is -2.22. The number of rotatable bonds is 4. The Balaban J connectivity index is 1.60. The maximum Gasteiger partial charge on any atom is 0.414 e. The summed E-state index contributed by atoms with van der Waals surface area (Å²) < 4.78 is 5.45. The molecule has 0 bridgehead atoms. The summed E-state index contributed by atoms with van der Waals surface area (Å²) in [4.78, 5) is 21.4. The second-order valence-corrected chi connectivity index (χ2v) is 7.01. The Labute approximate surface area is 164 Å². The van der Waals surface area contributed by atoms with E-state index in [1.807, 2.05) is 60.7 Å². The summed E-state index contributed by atoms with van der Waals surface area (Å²) in [6.07, 6.45) is 6.58. The highest BCUT2D eigenvalue weighted by Gasteiger charge is 2.18. The molecule has 5 nitrogen and oxygen atoms in total. The van der Waals surface area contributed by atoms with Gasteiger partial charge in [0.25, 0.3) is 0 Å². The summed E-state index contributed by atoms with van der Waals surface area (Å²) in [7, 11) is 0. The van der Waals surface area contributed by atoms with Crippen LogP contribution in [0.2, 0.25) is 0 Å². The third-order valence-electron chi connectivity index (χ3n) is 4.97. The van der Waals surface area contributed by atoms with E-state index in [1.54, 1.807) is 0 Å². The van der Waals surface area contributed by atoms with Gasteiger partial charge in [0.1, 0.15) is 5.69 Å². The van der Waals surface area contributed by atoms with Crippen molar-refractivity contribution < 1.29 is 9.53 Å². The first-order valence-electron chi connectivity index (χ1n) is 9.76. The fourth-order valence-electron chi connectivity index (χ4n) is 3.56. The Bertz CT molecular complexity index is 923. The smallest absolute Gasteiger partial charge is 0.390 e. The van der Waals surface area contributed by atoms with Crippen LogP contribution in [-0.2, 0) is 0 Å². The fraction of sp³-hybridized carbons (Fsp3) is 0.261. The molecule has 2 aromatic carbocycles. The van der Waals surface area contributed by atoms with Crippen LogP contribution >= 0.6 is 0 Å². The van der Waals surface area contributed by atoms with Crippen molar-refractivity contribution in [2.75, 3.05) is 0 Å². The third kappa shape index (κ3) is 4.36. The summed E-state index contributed by atoms with van der Waals surface area (Å²) in [6, 6.07) is 19.9. The van der Waals surface area contributed by atoms with Gasteiger partial charge in [-0.05, 0) is 12.8 Å². The molecule has 142 valence electrons. The highest BCUT2D eigenvalue weighted by atomic mass is 16.6. The average Bonchev–Trinajstić information content (AvgIpc) is 2.75. The van der Waals surface area contributed by atoms with Crippen LogP contribution < -0.4 is 10.1 Å². The number of amides is 1. The molecule has 0 radical (unpaired) electrons. The lowest BCUT2D eigenvalue weighted by Crippen LogP contribution is -2.38. The zero-order chi connectivity index (χ0) is 19.2. The van der Waals surface area contributed by atoms with E-state index in [0.717, 1.165) is 42.5 Å². The highest BCUT2D eigenvalue weighted by molar-refractivity contribution is 5.78. The number of benzene rings is 2. The summed E-state index contributed by atoms with van der Waals surface area (Å²) in [5, 5.41) is 2.94. The van der Waals surface area contributed by atoms with Crippen molar-refractivity contribution in [1.82, 2.24) is 15.3 Å². The molecule has 1 amide bonds. The van der Waals surface area contributed by atoms with Crippen LogP contribution in [0.4, 0.5) is 4.79 Å². The zero-order valence-corrected chi connectivity index (χ0v) is 15.7. The van der Waals surface area contributed by atoms with Gasteiger partial charge in [0, 0.05) is 17.2 Å². The first kappa shape index (κ1) is 18.2. The van der Waals surface area contributed by atoms with Crippen molar-refractivity contribution in [2.24, 2.45) is 0 Å². The summed E-state index contributed by atoms with van der Waals surface area (Å²) in [5.41, 5.74) is 3.33. The molecule has 4 rings (SSSR count). The van der Waals surface area contributed by atoms with E-state index >= 15 is 0 Å². The minimum atomic E-state index is -0.465.